The van der Waals surface area contributed by atoms with E-state index in [0.29, 0.717) is 18.6 Å². The largest absolute Gasteiger partial charge is 0.461 e. The van der Waals surface area contributed by atoms with E-state index in [0.717, 1.165) is 54.6 Å². The molecule has 5 nitrogen and oxygen atoms in total. The summed E-state index contributed by atoms with van der Waals surface area (Å²) in [5.41, 5.74) is 3.43. The highest BCUT2D eigenvalue weighted by molar-refractivity contribution is 6.05. The molecule has 0 radical (unpaired) electrons. The van der Waals surface area contributed by atoms with Gasteiger partial charge in [-0.25, -0.2) is 4.79 Å². The van der Waals surface area contributed by atoms with Crippen molar-refractivity contribution >= 4 is 35.1 Å². The fraction of sp³-hybridized carbons (Fsp3) is 0.500. The molecule has 0 fully saturated rings. The minimum atomic E-state index is -0.297. The summed E-state index contributed by atoms with van der Waals surface area (Å²) in [5, 5.41) is 1.00. The number of halogens is 1. The molecule has 26 heavy (non-hydrogen) atoms. The first-order valence-electron chi connectivity index (χ1n) is 9.10. The van der Waals surface area contributed by atoms with Crippen LogP contribution >= 0.6 is 12.4 Å². The van der Waals surface area contributed by atoms with Crippen LogP contribution in [-0.2, 0) is 18.2 Å². The molecule has 142 valence electrons. The number of benzene rings is 1. The van der Waals surface area contributed by atoms with Gasteiger partial charge in [0.05, 0.1) is 11.3 Å². The minimum absolute atomic E-state index is 0. The number of aryl methyl sites for hydroxylation is 2. The van der Waals surface area contributed by atoms with E-state index in [2.05, 4.69) is 18.7 Å². The van der Waals surface area contributed by atoms with Crippen molar-refractivity contribution < 1.29 is 14.3 Å². The molecule has 0 amide bonds. The smallest absolute Gasteiger partial charge is 0.338 e. The number of ether oxygens (including phenoxy) is 1. The van der Waals surface area contributed by atoms with Gasteiger partial charge in [0.15, 0.2) is 5.78 Å². The van der Waals surface area contributed by atoms with Gasteiger partial charge < -0.3 is 14.2 Å². The van der Waals surface area contributed by atoms with E-state index in [9.17, 15) is 9.59 Å². The van der Waals surface area contributed by atoms with Crippen LogP contribution in [0.2, 0.25) is 0 Å². The number of hydrogen-bond donors (Lipinski definition) is 0. The first-order chi connectivity index (χ1) is 12.1. The fourth-order valence-corrected chi connectivity index (χ4v) is 3.69. The Bertz CT molecular complexity index is 809. The summed E-state index contributed by atoms with van der Waals surface area (Å²) in [4.78, 5) is 26.8. The van der Waals surface area contributed by atoms with Crippen LogP contribution in [0, 0.1) is 0 Å². The van der Waals surface area contributed by atoms with Gasteiger partial charge in [0.2, 0.25) is 0 Å². The van der Waals surface area contributed by atoms with Crippen molar-refractivity contribution in [1.82, 2.24) is 9.47 Å². The van der Waals surface area contributed by atoms with E-state index < -0.39 is 0 Å². The highest BCUT2D eigenvalue weighted by atomic mass is 35.5. The zero-order valence-corrected chi connectivity index (χ0v) is 16.5. The molecule has 1 aliphatic carbocycles. The molecule has 0 bridgehead atoms. The van der Waals surface area contributed by atoms with E-state index in [1.165, 1.54) is 0 Å². The van der Waals surface area contributed by atoms with Gasteiger partial charge in [-0.05, 0) is 49.7 Å². The van der Waals surface area contributed by atoms with Crippen LogP contribution in [0.3, 0.4) is 0 Å². The van der Waals surface area contributed by atoms with Crippen molar-refractivity contribution in [3.8, 4) is 0 Å². The third-order valence-electron chi connectivity index (χ3n) is 5.17. The average molecular weight is 379 g/mol. The molecule has 6 heteroatoms. The van der Waals surface area contributed by atoms with Crippen LogP contribution in [0.1, 0.15) is 53.1 Å². The molecule has 2 aromatic rings. The Morgan fingerprint density at radius 1 is 1.23 bits per heavy atom. The molecule has 1 heterocycles. The molecule has 1 aromatic heterocycles. The molecular weight excluding hydrogens is 352 g/mol. The van der Waals surface area contributed by atoms with Crippen LogP contribution in [0.4, 0.5) is 0 Å². The fourth-order valence-electron chi connectivity index (χ4n) is 3.69. The SMILES string of the molecule is CCN(CC)CCOC(=O)c1ccc2c(c1)c1c(n2C)C(=O)CCC1.Cl. The molecule has 0 unspecified atom stereocenters. The van der Waals surface area contributed by atoms with E-state index in [4.69, 9.17) is 4.74 Å². The first kappa shape index (κ1) is 20.5. The lowest BCUT2D eigenvalue weighted by Gasteiger charge is -2.17. The number of hydrogen-bond acceptors (Lipinski definition) is 4. The lowest BCUT2D eigenvalue weighted by atomic mass is 9.94. The van der Waals surface area contributed by atoms with Crippen molar-refractivity contribution in [2.45, 2.75) is 33.1 Å². The molecule has 0 atom stereocenters. The van der Waals surface area contributed by atoms with Crippen molar-refractivity contribution in [2.24, 2.45) is 7.05 Å². The summed E-state index contributed by atoms with van der Waals surface area (Å²) in [7, 11) is 1.92. The maximum absolute atomic E-state index is 12.4. The Labute approximate surface area is 160 Å². The number of carbonyl (C=O) groups excluding carboxylic acids is 2. The number of nitrogens with zero attached hydrogens (tertiary/aromatic N) is 2. The maximum Gasteiger partial charge on any atom is 0.338 e. The lowest BCUT2D eigenvalue weighted by molar-refractivity contribution is 0.0466. The van der Waals surface area contributed by atoms with E-state index in [1.807, 2.05) is 23.7 Å². The predicted octanol–water partition coefficient (Wildman–Crippen LogP) is 3.62. The minimum Gasteiger partial charge on any atom is -0.461 e. The third-order valence-corrected chi connectivity index (χ3v) is 5.17. The maximum atomic E-state index is 12.4. The second-order valence-corrected chi connectivity index (χ2v) is 6.56. The molecule has 0 spiro atoms. The van der Waals surface area contributed by atoms with Gasteiger partial charge in [0.25, 0.3) is 0 Å². The highest BCUT2D eigenvalue weighted by Crippen LogP contribution is 2.32. The van der Waals surface area contributed by atoms with E-state index in [-0.39, 0.29) is 24.2 Å². The number of carbonyl (C=O) groups is 2. The van der Waals surface area contributed by atoms with Gasteiger partial charge in [-0.15, -0.1) is 12.4 Å². The number of rotatable bonds is 6. The summed E-state index contributed by atoms with van der Waals surface area (Å²) in [5.74, 6) is -0.0999. The standard InChI is InChI=1S/C20H26N2O3.ClH/c1-4-22(5-2)11-12-25-20(24)14-9-10-17-16(13-14)15-7-6-8-18(23)19(15)21(17)3;/h9-10,13H,4-8,11-12H2,1-3H3;1H. The molecular formula is C20H27ClN2O3. The molecule has 0 saturated carbocycles. The second-order valence-electron chi connectivity index (χ2n) is 6.56. The van der Waals surface area contributed by atoms with Crippen LogP contribution in [0.5, 0.6) is 0 Å². The monoisotopic (exact) mass is 378 g/mol. The van der Waals surface area contributed by atoms with Gasteiger partial charge in [-0.3, -0.25) is 4.79 Å². The third kappa shape index (κ3) is 3.79. The van der Waals surface area contributed by atoms with E-state index >= 15 is 0 Å². The normalized spacial score (nSPS) is 13.6. The van der Waals surface area contributed by atoms with Gasteiger partial charge in [0.1, 0.15) is 6.61 Å². The van der Waals surface area contributed by atoms with Crippen molar-refractivity contribution in [3.63, 3.8) is 0 Å². The number of likely N-dealkylation sites (N-methyl/N-ethyl adjacent to an activating group) is 1. The van der Waals surface area contributed by atoms with Crippen LogP contribution in [0.25, 0.3) is 10.9 Å². The summed E-state index contributed by atoms with van der Waals surface area (Å²) < 4.78 is 7.39. The van der Waals surface area contributed by atoms with Gasteiger partial charge in [0, 0.05) is 30.9 Å². The van der Waals surface area contributed by atoms with Crippen molar-refractivity contribution in [3.05, 3.63) is 35.0 Å². The summed E-state index contributed by atoms with van der Waals surface area (Å²) in [6, 6.07) is 5.59. The molecule has 0 saturated heterocycles. The zero-order valence-electron chi connectivity index (χ0n) is 15.7. The quantitative estimate of drug-likeness (QED) is 0.720. The van der Waals surface area contributed by atoms with Gasteiger partial charge in [-0.2, -0.15) is 0 Å². The Balaban J connectivity index is 0.00000243. The second kappa shape index (κ2) is 8.69. The molecule has 1 aliphatic rings. The summed E-state index contributed by atoms with van der Waals surface area (Å²) in [6.45, 7) is 7.23. The zero-order chi connectivity index (χ0) is 18.0. The number of aromatic nitrogens is 1. The molecule has 0 aliphatic heterocycles. The summed E-state index contributed by atoms with van der Waals surface area (Å²) >= 11 is 0. The van der Waals surface area contributed by atoms with Crippen LogP contribution in [-0.4, -0.2) is 47.5 Å². The van der Waals surface area contributed by atoms with Gasteiger partial charge in [-0.1, -0.05) is 13.8 Å². The van der Waals surface area contributed by atoms with Gasteiger partial charge >= 0.3 is 5.97 Å². The van der Waals surface area contributed by atoms with E-state index in [1.54, 1.807) is 6.07 Å². The van der Waals surface area contributed by atoms with Crippen molar-refractivity contribution in [2.75, 3.05) is 26.2 Å². The first-order valence-corrected chi connectivity index (χ1v) is 9.10. The lowest BCUT2D eigenvalue weighted by Crippen LogP contribution is -2.27. The Morgan fingerprint density at radius 2 is 1.96 bits per heavy atom. The summed E-state index contributed by atoms with van der Waals surface area (Å²) in [6.07, 6.45) is 2.37. The predicted molar refractivity (Wildman–Crippen MR) is 106 cm³/mol. The Kier molecular flexibility index (Phi) is 6.84. The van der Waals surface area contributed by atoms with Crippen molar-refractivity contribution in [1.29, 1.82) is 0 Å². The number of Topliss-reactive ketones (excluding diaryl/α,β-unsaturated/α-hetero) is 1. The number of ketones is 1. The average Bonchev–Trinajstić information content (AvgIpc) is 2.92. The number of fused-ring (bicyclic) bond motifs is 3. The Hall–Kier alpha value is -1.85. The molecule has 1 aromatic carbocycles. The molecule has 3 rings (SSSR count). The van der Waals surface area contributed by atoms with Crippen LogP contribution < -0.4 is 0 Å². The number of esters is 1. The topological polar surface area (TPSA) is 51.5 Å². The van der Waals surface area contributed by atoms with Crippen LogP contribution in [0.15, 0.2) is 18.2 Å². The Morgan fingerprint density at radius 3 is 2.65 bits per heavy atom. The molecule has 0 N–H and O–H groups in total. The highest BCUT2D eigenvalue weighted by Gasteiger charge is 2.25.